The van der Waals surface area contributed by atoms with E-state index in [1.807, 2.05) is 24.3 Å². The lowest BCUT2D eigenvalue weighted by atomic mass is 10.0. The molecule has 0 radical (unpaired) electrons. The van der Waals surface area contributed by atoms with Crippen molar-refractivity contribution >= 4 is 89.2 Å². The van der Waals surface area contributed by atoms with E-state index in [4.69, 9.17) is 16.6 Å². The van der Waals surface area contributed by atoms with Crippen molar-refractivity contribution in [2.24, 2.45) is 0 Å². The van der Waals surface area contributed by atoms with Gasteiger partial charge in [0.25, 0.3) is 10.0 Å². The number of nitrogens with one attached hydrogen (secondary N) is 1. The van der Waals surface area contributed by atoms with Crippen LogP contribution in [0.25, 0.3) is 20.8 Å². The van der Waals surface area contributed by atoms with Crippen LogP contribution in [0.2, 0.25) is 4.34 Å². The van der Waals surface area contributed by atoms with E-state index in [-0.39, 0.29) is 22.5 Å². The second-order valence-corrected chi connectivity index (χ2v) is 16.8. The first-order chi connectivity index (χ1) is 20.9. The fourth-order valence-corrected chi connectivity index (χ4v) is 11.6. The van der Waals surface area contributed by atoms with Crippen LogP contribution in [0.1, 0.15) is 35.3 Å². The van der Waals surface area contributed by atoms with Gasteiger partial charge in [-0.25, -0.2) is 13.4 Å². The number of fused-ring (bicyclic) bond motifs is 2. The van der Waals surface area contributed by atoms with Crippen LogP contribution >= 0.6 is 58.0 Å². The molecule has 1 amide bonds. The SMILES string of the molecule is Cl.O=C(Nc1sc2c(c1-c1nc3ccccc3s1)CCN(Cc1ccccc1)C2)C1CCCCN1S(=O)(=O)c1ccc(Cl)s1. The third kappa shape index (κ3) is 6.21. The topological polar surface area (TPSA) is 82.6 Å². The molecule has 1 N–H and O–H groups in total. The van der Waals surface area contributed by atoms with Gasteiger partial charge in [-0.1, -0.05) is 60.5 Å². The lowest BCUT2D eigenvalue weighted by molar-refractivity contribution is -0.120. The Morgan fingerprint density at radius 3 is 2.55 bits per heavy atom. The molecular weight excluding hydrogens is 676 g/mol. The maximum Gasteiger partial charge on any atom is 0.253 e. The largest absolute Gasteiger partial charge is 0.316 e. The number of carbonyl (C=O) groups is 1. The van der Waals surface area contributed by atoms with Gasteiger partial charge < -0.3 is 5.32 Å². The van der Waals surface area contributed by atoms with Gasteiger partial charge in [0.05, 0.1) is 14.6 Å². The predicted octanol–water partition coefficient (Wildman–Crippen LogP) is 7.90. The number of aromatic nitrogens is 1. The Morgan fingerprint density at radius 2 is 1.77 bits per heavy atom. The number of nitrogens with zero attached hydrogens (tertiary/aromatic N) is 3. The standard InChI is InChI=1S/C31H29ClN4O3S4.ClH/c32-26-13-14-27(42-26)43(38,39)36-16-7-6-11-23(36)29(37)34-31-28(30-33-22-10-4-5-12-24(22)40-30)21-15-17-35(19-25(21)41-31)18-20-8-2-1-3-9-20;/h1-5,8-10,12-14,23H,6-7,11,15-19H2,(H,34,37);1H. The van der Waals surface area contributed by atoms with Crippen LogP contribution in [0.15, 0.2) is 70.9 Å². The Balaban J connectivity index is 0.00000343. The number of hydrogen-bond donors (Lipinski definition) is 1. The minimum atomic E-state index is -3.85. The third-order valence-corrected chi connectivity index (χ3v) is 13.8. The van der Waals surface area contributed by atoms with Crippen molar-refractivity contribution in [3.05, 3.63) is 87.1 Å². The molecule has 5 heterocycles. The second kappa shape index (κ2) is 13.2. The average molecular weight is 706 g/mol. The highest BCUT2D eigenvalue weighted by Crippen LogP contribution is 2.46. The smallest absolute Gasteiger partial charge is 0.253 e. The molecule has 7 nitrogen and oxygen atoms in total. The van der Waals surface area contributed by atoms with Gasteiger partial charge in [0.2, 0.25) is 5.91 Å². The number of benzene rings is 2. The molecule has 0 aliphatic carbocycles. The van der Waals surface area contributed by atoms with Gasteiger partial charge in [0.1, 0.15) is 20.3 Å². The molecule has 7 rings (SSSR count). The molecule has 0 spiro atoms. The van der Waals surface area contributed by atoms with E-state index in [2.05, 4.69) is 40.5 Å². The number of thiazole rings is 1. The monoisotopic (exact) mass is 704 g/mol. The fraction of sp³-hybridized carbons (Fsp3) is 0.290. The van der Waals surface area contributed by atoms with Gasteiger partial charge in [-0.05, 0) is 54.7 Å². The summed E-state index contributed by atoms with van der Waals surface area (Å²) < 4.78 is 30.2. The van der Waals surface area contributed by atoms with E-state index in [0.29, 0.717) is 23.7 Å². The molecule has 44 heavy (non-hydrogen) atoms. The quantitative estimate of drug-likeness (QED) is 0.186. The summed E-state index contributed by atoms with van der Waals surface area (Å²) in [6, 6.07) is 20.8. The molecule has 230 valence electrons. The summed E-state index contributed by atoms with van der Waals surface area (Å²) in [4.78, 5) is 22.6. The molecular formula is C31H30Cl2N4O3S4. The lowest BCUT2D eigenvalue weighted by Crippen LogP contribution is -2.49. The van der Waals surface area contributed by atoms with E-state index in [1.165, 1.54) is 26.4 Å². The number of rotatable bonds is 7. The highest BCUT2D eigenvalue weighted by Gasteiger charge is 2.39. The zero-order valence-corrected chi connectivity index (χ0v) is 28.4. The van der Waals surface area contributed by atoms with Crippen molar-refractivity contribution in [1.29, 1.82) is 0 Å². The Morgan fingerprint density at radius 1 is 0.977 bits per heavy atom. The van der Waals surface area contributed by atoms with Gasteiger partial charge in [-0.2, -0.15) is 4.31 Å². The van der Waals surface area contributed by atoms with E-state index in [9.17, 15) is 13.2 Å². The first-order valence-corrected chi connectivity index (χ1v) is 18.5. The molecule has 5 aromatic rings. The summed E-state index contributed by atoms with van der Waals surface area (Å²) in [6.07, 6.45) is 2.82. The molecule has 0 saturated carbocycles. The summed E-state index contributed by atoms with van der Waals surface area (Å²) in [5, 5.41) is 4.83. The average Bonchev–Trinajstić information content (AvgIpc) is 3.74. The van der Waals surface area contributed by atoms with Gasteiger partial charge in [-0.3, -0.25) is 9.69 Å². The van der Waals surface area contributed by atoms with Crippen molar-refractivity contribution in [3.8, 4) is 10.6 Å². The van der Waals surface area contributed by atoms with E-state index in [1.54, 1.807) is 28.7 Å². The Hall–Kier alpha value is -2.35. The number of anilines is 1. The second-order valence-electron chi connectivity index (χ2n) is 10.8. The Kier molecular flexibility index (Phi) is 9.47. The van der Waals surface area contributed by atoms with Crippen LogP contribution in [0, 0.1) is 0 Å². The summed E-state index contributed by atoms with van der Waals surface area (Å²) in [6.45, 7) is 2.85. The van der Waals surface area contributed by atoms with E-state index in [0.717, 1.165) is 69.6 Å². The number of sulfonamides is 1. The molecule has 2 aliphatic heterocycles. The van der Waals surface area contributed by atoms with Crippen LogP contribution in [-0.4, -0.2) is 47.6 Å². The van der Waals surface area contributed by atoms with Gasteiger partial charge in [0.15, 0.2) is 0 Å². The van der Waals surface area contributed by atoms with E-state index < -0.39 is 16.1 Å². The van der Waals surface area contributed by atoms with Crippen molar-refractivity contribution in [2.45, 2.75) is 49.0 Å². The molecule has 3 aromatic heterocycles. The first-order valence-electron chi connectivity index (χ1n) is 14.2. The minimum absolute atomic E-state index is 0. The first kappa shape index (κ1) is 31.6. The molecule has 1 unspecified atom stereocenters. The molecule has 1 saturated heterocycles. The zero-order chi connectivity index (χ0) is 29.6. The molecule has 2 aromatic carbocycles. The normalized spacial score (nSPS) is 17.7. The van der Waals surface area contributed by atoms with Crippen molar-refractivity contribution in [3.63, 3.8) is 0 Å². The van der Waals surface area contributed by atoms with Crippen molar-refractivity contribution in [1.82, 2.24) is 14.2 Å². The highest BCUT2D eigenvalue weighted by molar-refractivity contribution is 7.91. The minimum Gasteiger partial charge on any atom is -0.316 e. The fourth-order valence-electron chi connectivity index (χ4n) is 5.93. The van der Waals surface area contributed by atoms with Gasteiger partial charge in [-0.15, -0.1) is 46.4 Å². The van der Waals surface area contributed by atoms with Gasteiger partial charge in [0, 0.05) is 36.6 Å². The maximum absolute atomic E-state index is 14.0. The number of hydrogen-bond acceptors (Lipinski definition) is 8. The number of thiophene rings is 2. The number of para-hydroxylation sites is 1. The molecule has 1 atom stereocenters. The third-order valence-electron chi connectivity index (χ3n) is 8.00. The number of carbonyl (C=O) groups excluding carboxylic acids is 1. The van der Waals surface area contributed by atoms with Crippen LogP contribution in [0.4, 0.5) is 5.00 Å². The highest BCUT2D eigenvalue weighted by atomic mass is 35.5. The van der Waals surface area contributed by atoms with Crippen LogP contribution in [0.3, 0.4) is 0 Å². The predicted molar refractivity (Wildman–Crippen MR) is 184 cm³/mol. The molecule has 2 aliphatic rings. The maximum atomic E-state index is 14.0. The van der Waals surface area contributed by atoms with Crippen molar-refractivity contribution < 1.29 is 13.2 Å². The Labute approximate surface area is 280 Å². The zero-order valence-electron chi connectivity index (χ0n) is 23.6. The summed E-state index contributed by atoms with van der Waals surface area (Å²) in [7, 11) is -3.85. The van der Waals surface area contributed by atoms with Crippen LogP contribution in [-0.2, 0) is 34.3 Å². The molecule has 1 fully saturated rings. The molecule has 13 heteroatoms. The van der Waals surface area contributed by atoms with Crippen LogP contribution in [0.5, 0.6) is 0 Å². The Bertz CT molecular complexity index is 1870. The van der Waals surface area contributed by atoms with Crippen molar-refractivity contribution in [2.75, 3.05) is 18.4 Å². The summed E-state index contributed by atoms with van der Waals surface area (Å²) >= 11 is 10.3. The molecule has 0 bridgehead atoms. The number of amides is 1. The lowest BCUT2D eigenvalue weighted by Gasteiger charge is -2.33. The van der Waals surface area contributed by atoms with E-state index >= 15 is 0 Å². The summed E-state index contributed by atoms with van der Waals surface area (Å²) in [5.74, 6) is -0.298. The number of halogens is 2. The van der Waals surface area contributed by atoms with Gasteiger partial charge >= 0.3 is 0 Å². The summed E-state index contributed by atoms with van der Waals surface area (Å²) in [5.41, 5.74) is 4.41. The van der Waals surface area contributed by atoms with Crippen LogP contribution < -0.4 is 5.32 Å². The number of piperidine rings is 1.